The van der Waals surface area contributed by atoms with Crippen molar-refractivity contribution in [3.05, 3.63) is 65.4 Å². The van der Waals surface area contributed by atoms with E-state index in [1.54, 1.807) is 31.4 Å². The Morgan fingerprint density at radius 2 is 1.89 bits per heavy atom. The maximum atomic E-state index is 13.7. The first-order valence-corrected chi connectivity index (χ1v) is 17.6. The quantitative estimate of drug-likeness (QED) is 0.363. The van der Waals surface area contributed by atoms with Gasteiger partial charge in [-0.3, -0.25) is 4.68 Å². The molecular formula is C28H37FN4O3SSi. The summed E-state index contributed by atoms with van der Waals surface area (Å²) >= 11 is 0. The lowest BCUT2D eigenvalue weighted by Crippen LogP contribution is -2.48. The number of fused-ring (bicyclic) bond motifs is 2. The minimum absolute atomic E-state index is 0.0366. The van der Waals surface area contributed by atoms with Gasteiger partial charge in [0.15, 0.2) is 23.2 Å². The summed E-state index contributed by atoms with van der Waals surface area (Å²) in [5, 5.41) is 8.51. The van der Waals surface area contributed by atoms with Crippen molar-refractivity contribution >= 4 is 24.2 Å². The summed E-state index contributed by atoms with van der Waals surface area (Å²) in [6.45, 7) is 11.6. The van der Waals surface area contributed by atoms with Crippen LogP contribution in [0.3, 0.4) is 0 Å². The Labute approximate surface area is 225 Å². The van der Waals surface area contributed by atoms with E-state index < -0.39 is 28.8 Å². The molecular weight excluding hydrogens is 519 g/mol. The van der Waals surface area contributed by atoms with Crippen LogP contribution in [0.5, 0.6) is 0 Å². The molecule has 5 rings (SSSR count). The van der Waals surface area contributed by atoms with Gasteiger partial charge >= 0.3 is 0 Å². The number of sulfone groups is 1. The van der Waals surface area contributed by atoms with E-state index in [0.29, 0.717) is 32.3 Å². The van der Waals surface area contributed by atoms with Gasteiger partial charge in [0.2, 0.25) is 0 Å². The monoisotopic (exact) mass is 556 g/mol. The third kappa shape index (κ3) is 4.71. The molecule has 2 aromatic heterocycles. The molecule has 10 heteroatoms. The standard InChI is InChI=1S/C28H37FN4O3SSi/c1-27(2,3)38(5,6)36-19-28-16-20-18-30-33(23-10-8-22(29)9-11-23)25(20)15-21(28)7-12-24(17-28)37(34,35)26-13-14-32(4)31-26/h8-11,13-15,18,24H,7,12,16-17,19H2,1-6H3/t24-,28+/m0/s1. The van der Waals surface area contributed by atoms with Gasteiger partial charge in [0.1, 0.15) is 5.82 Å². The lowest BCUT2D eigenvalue weighted by molar-refractivity contribution is 0.135. The minimum Gasteiger partial charge on any atom is -0.416 e. The van der Waals surface area contributed by atoms with E-state index in [-0.39, 0.29) is 15.9 Å². The van der Waals surface area contributed by atoms with Crippen LogP contribution in [0.15, 0.2) is 53.3 Å². The molecule has 7 nitrogen and oxygen atoms in total. The first-order valence-electron chi connectivity index (χ1n) is 13.1. The van der Waals surface area contributed by atoms with Crippen molar-refractivity contribution in [3.8, 4) is 5.69 Å². The lowest BCUT2D eigenvalue weighted by Gasteiger charge is -2.47. The maximum Gasteiger partial charge on any atom is 0.200 e. The molecule has 0 amide bonds. The smallest absolute Gasteiger partial charge is 0.200 e. The molecule has 0 aliphatic heterocycles. The van der Waals surface area contributed by atoms with Crippen molar-refractivity contribution in [1.29, 1.82) is 0 Å². The second-order valence-electron chi connectivity index (χ2n) is 12.4. The minimum atomic E-state index is -3.59. The van der Waals surface area contributed by atoms with Gasteiger partial charge in [-0.2, -0.15) is 10.2 Å². The average molecular weight is 557 g/mol. The van der Waals surface area contributed by atoms with Crippen LogP contribution >= 0.6 is 0 Å². The summed E-state index contributed by atoms with van der Waals surface area (Å²) in [4.78, 5) is 0. The van der Waals surface area contributed by atoms with Gasteiger partial charge in [0.05, 0.1) is 22.8 Å². The summed E-state index contributed by atoms with van der Waals surface area (Å²) in [5.74, 6) is -0.289. The average Bonchev–Trinajstić information content (AvgIpc) is 3.47. The van der Waals surface area contributed by atoms with Gasteiger partial charge in [-0.25, -0.2) is 17.5 Å². The third-order valence-corrected chi connectivity index (χ3v) is 15.3. The Bertz CT molecular complexity index is 1480. The van der Waals surface area contributed by atoms with Crippen molar-refractivity contribution in [2.45, 2.75) is 74.9 Å². The van der Waals surface area contributed by atoms with E-state index in [9.17, 15) is 12.8 Å². The van der Waals surface area contributed by atoms with Crippen LogP contribution in [-0.2, 0) is 27.7 Å². The summed E-state index contributed by atoms with van der Waals surface area (Å²) in [5.41, 5.74) is 3.58. The fraction of sp³-hybridized carbons (Fsp3) is 0.500. The number of aromatic nitrogens is 4. The summed E-state index contributed by atoms with van der Waals surface area (Å²) in [7, 11) is -3.95. The van der Waals surface area contributed by atoms with Crippen LogP contribution in [0.1, 0.15) is 51.3 Å². The Kier molecular flexibility index (Phi) is 6.59. The van der Waals surface area contributed by atoms with Crippen LogP contribution in [0.4, 0.5) is 4.39 Å². The Balaban J connectivity index is 1.54. The number of hydrogen-bond donors (Lipinski definition) is 0. The fourth-order valence-corrected chi connectivity index (χ4v) is 8.25. The van der Waals surface area contributed by atoms with Gasteiger partial charge in [-0.15, -0.1) is 0 Å². The summed E-state index contributed by atoms with van der Waals surface area (Å²) < 4.78 is 51.1. The van der Waals surface area contributed by atoms with E-state index in [4.69, 9.17) is 4.43 Å². The van der Waals surface area contributed by atoms with E-state index in [1.165, 1.54) is 22.4 Å². The molecule has 0 bridgehead atoms. The van der Waals surface area contributed by atoms with Crippen LogP contribution in [-0.4, -0.2) is 48.2 Å². The molecule has 204 valence electrons. The Hall–Kier alpha value is -2.56. The molecule has 2 heterocycles. The molecule has 1 saturated carbocycles. The molecule has 0 radical (unpaired) electrons. The van der Waals surface area contributed by atoms with Crippen LogP contribution < -0.4 is 0 Å². The van der Waals surface area contributed by atoms with E-state index in [0.717, 1.165) is 16.9 Å². The first-order chi connectivity index (χ1) is 17.7. The second kappa shape index (κ2) is 9.27. The predicted molar refractivity (Wildman–Crippen MR) is 149 cm³/mol. The Morgan fingerprint density at radius 1 is 1.18 bits per heavy atom. The molecule has 3 aromatic rings. The SMILES string of the molecule is Cn1ccc(S(=O)(=O)[C@H]2CCC3=Cc4c(cnn4-c4ccc(F)cc4)C[C@]3(CO[Si](C)(C)C(C)(C)C)C2)n1. The second-order valence-corrected chi connectivity index (χ2v) is 19.3. The van der Waals surface area contributed by atoms with Gasteiger partial charge < -0.3 is 4.43 Å². The highest BCUT2D eigenvalue weighted by molar-refractivity contribution is 7.92. The topological polar surface area (TPSA) is 79.0 Å². The maximum absolute atomic E-state index is 13.7. The number of nitrogens with zero attached hydrogens (tertiary/aromatic N) is 4. The highest BCUT2D eigenvalue weighted by Crippen LogP contribution is 2.51. The number of halogens is 1. The van der Waals surface area contributed by atoms with Gasteiger partial charge in [0.25, 0.3) is 0 Å². The molecule has 1 fully saturated rings. The van der Waals surface area contributed by atoms with Crippen molar-refractivity contribution in [3.63, 3.8) is 0 Å². The number of rotatable bonds is 6. The molecule has 2 atom stereocenters. The number of hydrogen-bond acceptors (Lipinski definition) is 5. The molecule has 0 saturated heterocycles. The van der Waals surface area contributed by atoms with Gasteiger partial charge in [-0.1, -0.05) is 26.3 Å². The largest absolute Gasteiger partial charge is 0.416 e. The third-order valence-electron chi connectivity index (χ3n) is 8.77. The highest BCUT2D eigenvalue weighted by Gasteiger charge is 2.49. The predicted octanol–water partition coefficient (Wildman–Crippen LogP) is 5.72. The van der Waals surface area contributed by atoms with E-state index >= 15 is 0 Å². The first kappa shape index (κ1) is 27.0. The number of benzene rings is 1. The zero-order valence-corrected chi connectivity index (χ0v) is 24.8. The lowest BCUT2D eigenvalue weighted by atomic mass is 9.65. The summed E-state index contributed by atoms with van der Waals surface area (Å²) in [6, 6.07) is 7.90. The molecule has 38 heavy (non-hydrogen) atoms. The molecule has 0 spiro atoms. The van der Waals surface area contributed by atoms with Crippen molar-refractivity contribution in [1.82, 2.24) is 19.6 Å². The van der Waals surface area contributed by atoms with Crippen molar-refractivity contribution in [2.24, 2.45) is 12.5 Å². The zero-order chi connectivity index (χ0) is 27.5. The van der Waals surface area contributed by atoms with Gasteiger partial charge in [-0.05, 0) is 85.8 Å². The van der Waals surface area contributed by atoms with E-state index in [1.807, 2.05) is 10.9 Å². The van der Waals surface area contributed by atoms with Crippen LogP contribution in [0.2, 0.25) is 18.1 Å². The van der Waals surface area contributed by atoms with Gasteiger partial charge in [0, 0.05) is 25.3 Å². The molecule has 1 aromatic carbocycles. The molecule has 0 unspecified atom stereocenters. The molecule has 0 N–H and O–H groups in total. The van der Waals surface area contributed by atoms with Crippen LogP contribution in [0, 0.1) is 11.2 Å². The summed E-state index contributed by atoms with van der Waals surface area (Å²) in [6.07, 6.45) is 8.03. The zero-order valence-electron chi connectivity index (χ0n) is 23.0. The van der Waals surface area contributed by atoms with E-state index in [2.05, 4.69) is 50.1 Å². The van der Waals surface area contributed by atoms with Crippen LogP contribution in [0.25, 0.3) is 11.8 Å². The normalized spacial score (nSPS) is 22.1. The number of aryl methyl sites for hydroxylation is 1. The van der Waals surface area contributed by atoms with Crippen molar-refractivity contribution < 1.29 is 17.2 Å². The Morgan fingerprint density at radius 3 is 2.53 bits per heavy atom. The van der Waals surface area contributed by atoms with Crippen molar-refractivity contribution in [2.75, 3.05) is 6.61 Å². The molecule has 2 aliphatic rings. The fourth-order valence-electron chi connectivity index (χ4n) is 5.38. The highest BCUT2D eigenvalue weighted by atomic mass is 32.2. The molecule has 2 aliphatic carbocycles.